The number of pyridine rings is 1. The number of carbonyl (C=O) groups is 1. The highest BCUT2D eigenvalue weighted by atomic mass is 35.5. The van der Waals surface area contributed by atoms with Crippen molar-refractivity contribution in [3.63, 3.8) is 0 Å². The van der Waals surface area contributed by atoms with Gasteiger partial charge in [-0.25, -0.2) is 8.42 Å². The maximum Gasteiger partial charge on any atom is 0.271 e. The maximum absolute atomic E-state index is 11.4. The number of carbonyl (C=O) groups excluding carboxylic acids is 1. The summed E-state index contributed by atoms with van der Waals surface area (Å²) in [7, 11) is -3.59. The number of rotatable bonds is 4. The van der Waals surface area contributed by atoms with Crippen LogP contribution >= 0.6 is 11.6 Å². The molecule has 1 aromatic carbocycles. The Bertz CT molecular complexity index is 761. The first-order valence-corrected chi connectivity index (χ1v) is 7.80. The number of fused-ring (bicyclic) bond motifs is 1. The molecule has 8 heteroatoms. The molecule has 0 atom stereocenters. The number of nitrogens with one attached hydrogen (secondary N) is 1. The molecule has 2 rings (SSSR count). The van der Waals surface area contributed by atoms with E-state index in [1.165, 1.54) is 0 Å². The normalized spacial score (nSPS) is 11.3. The van der Waals surface area contributed by atoms with Gasteiger partial charge in [0.25, 0.3) is 5.91 Å². The lowest BCUT2D eigenvalue weighted by atomic mass is 10.2. The second kappa shape index (κ2) is 5.64. The third kappa shape index (κ3) is 3.58. The Morgan fingerprint density at radius 3 is 2.85 bits per heavy atom. The van der Waals surface area contributed by atoms with E-state index in [0.29, 0.717) is 21.7 Å². The van der Waals surface area contributed by atoms with Crippen molar-refractivity contribution in [1.29, 1.82) is 0 Å². The summed E-state index contributed by atoms with van der Waals surface area (Å²) in [5.41, 5.74) is 0.507. The molecule has 0 aliphatic carbocycles. The van der Waals surface area contributed by atoms with E-state index in [1.54, 1.807) is 30.5 Å². The molecule has 0 fully saturated rings. The highest BCUT2D eigenvalue weighted by molar-refractivity contribution is 7.89. The zero-order valence-electron chi connectivity index (χ0n) is 10.5. The van der Waals surface area contributed by atoms with E-state index in [1.807, 2.05) is 4.72 Å². The van der Waals surface area contributed by atoms with Crippen LogP contribution < -0.4 is 9.46 Å². The first-order valence-electron chi connectivity index (χ1n) is 5.53. The molecule has 1 N–H and O–H groups in total. The number of nitrogens with zero attached hydrogens (tertiary/aromatic N) is 1. The highest BCUT2D eigenvalue weighted by Gasteiger charge is 2.11. The Hall–Kier alpha value is -1.86. The summed E-state index contributed by atoms with van der Waals surface area (Å²) in [6.07, 6.45) is 2.46. The molecule has 0 aliphatic heterocycles. The predicted molar refractivity (Wildman–Crippen MR) is 75.2 cm³/mol. The van der Waals surface area contributed by atoms with Gasteiger partial charge in [0.05, 0.1) is 11.3 Å². The van der Waals surface area contributed by atoms with Crippen molar-refractivity contribution in [3.8, 4) is 5.75 Å². The molecule has 0 bridgehead atoms. The Balaban J connectivity index is 2.19. The molecule has 20 heavy (non-hydrogen) atoms. The minimum absolute atomic E-state index is 0.355. The van der Waals surface area contributed by atoms with Crippen LogP contribution in [0, 0.1) is 0 Å². The number of amides is 1. The van der Waals surface area contributed by atoms with Gasteiger partial charge in [0.1, 0.15) is 11.3 Å². The summed E-state index contributed by atoms with van der Waals surface area (Å²) in [5, 5.41) is 1.20. The van der Waals surface area contributed by atoms with Gasteiger partial charge >= 0.3 is 0 Å². The molecule has 6 nitrogen and oxygen atoms in total. The molecule has 1 heterocycles. The summed E-state index contributed by atoms with van der Waals surface area (Å²) in [6.45, 7) is -0.430. The maximum atomic E-state index is 11.4. The molecule has 1 amide bonds. The van der Waals surface area contributed by atoms with E-state index in [2.05, 4.69) is 4.98 Å². The third-order valence-corrected chi connectivity index (χ3v) is 3.27. The standard InChI is InChI=1S/C12H11ClN2O4S/c1-20(17,18)15-11(16)7-19-10-5-4-9(13)8-3-2-6-14-12(8)10/h2-6H,7H2,1H3,(H,15,16). The fourth-order valence-electron chi connectivity index (χ4n) is 1.61. The number of ether oxygens (including phenoxy) is 1. The fraction of sp³-hybridized carbons (Fsp3) is 0.167. The highest BCUT2D eigenvalue weighted by Crippen LogP contribution is 2.29. The number of hydrogen-bond acceptors (Lipinski definition) is 5. The Kier molecular flexibility index (Phi) is 4.10. The first-order chi connectivity index (χ1) is 9.37. The molecule has 106 valence electrons. The number of sulfonamides is 1. The number of aromatic nitrogens is 1. The zero-order valence-corrected chi connectivity index (χ0v) is 12.0. The molecule has 0 aliphatic rings. The smallest absolute Gasteiger partial charge is 0.271 e. The van der Waals surface area contributed by atoms with E-state index in [4.69, 9.17) is 16.3 Å². The number of benzene rings is 1. The largest absolute Gasteiger partial charge is 0.481 e. The Labute approximate surface area is 120 Å². The topological polar surface area (TPSA) is 85.4 Å². The van der Waals surface area contributed by atoms with Crippen LogP contribution in [0.2, 0.25) is 5.02 Å². The van der Waals surface area contributed by atoms with Crippen molar-refractivity contribution in [1.82, 2.24) is 9.71 Å². The van der Waals surface area contributed by atoms with Crippen LogP contribution in [0.1, 0.15) is 0 Å². The molecule has 0 saturated heterocycles. The minimum atomic E-state index is -3.59. The molecular formula is C12H11ClN2O4S. The van der Waals surface area contributed by atoms with E-state index in [9.17, 15) is 13.2 Å². The van der Waals surface area contributed by atoms with Crippen molar-refractivity contribution in [2.24, 2.45) is 0 Å². The lowest BCUT2D eigenvalue weighted by Crippen LogP contribution is -2.33. The van der Waals surface area contributed by atoms with Crippen molar-refractivity contribution in [2.45, 2.75) is 0 Å². The van der Waals surface area contributed by atoms with Gasteiger partial charge < -0.3 is 4.74 Å². The molecule has 0 spiro atoms. The van der Waals surface area contributed by atoms with Crippen LogP contribution in [-0.2, 0) is 14.8 Å². The molecule has 1 aromatic heterocycles. The lowest BCUT2D eigenvalue weighted by molar-refractivity contribution is -0.121. The van der Waals surface area contributed by atoms with Gasteiger partial charge in [-0.1, -0.05) is 11.6 Å². The molecular weight excluding hydrogens is 304 g/mol. The summed E-state index contributed by atoms with van der Waals surface area (Å²) in [4.78, 5) is 15.5. The van der Waals surface area contributed by atoms with E-state index in [-0.39, 0.29) is 0 Å². The van der Waals surface area contributed by atoms with E-state index in [0.717, 1.165) is 6.26 Å². The van der Waals surface area contributed by atoms with Crippen molar-refractivity contribution < 1.29 is 17.9 Å². The molecule has 2 aromatic rings. The summed E-state index contributed by atoms with van der Waals surface area (Å²) < 4.78 is 28.9. The van der Waals surface area contributed by atoms with Gasteiger partial charge in [-0.15, -0.1) is 0 Å². The van der Waals surface area contributed by atoms with Crippen LogP contribution in [0.25, 0.3) is 10.9 Å². The second-order valence-corrected chi connectivity index (χ2v) is 6.19. The minimum Gasteiger partial charge on any atom is -0.481 e. The van der Waals surface area contributed by atoms with E-state index >= 15 is 0 Å². The first kappa shape index (κ1) is 14.5. The van der Waals surface area contributed by atoms with Crippen molar-refractivity contribution in [2.75, 3.05) is 12.9 Å². The van der Waals surface area contributed by atoms with Crippen LogP contribution in [0.3, 0.4) is 0 Å². The lowest BCUT2D eigenvalue weighted by Gasteiger charge is -2.09. The zero-order chi connectivity index (χ0) is 14.8. The second-order valence-electron chi connectivity index (χ2n) is 4.03. The number of hydrogen-bond donors (Lipinski definition) is 1. The predicted octanol–water partition coefficient (Wildman–Crippen LogP) is 1.34. The van der Waals surface area contributed by atoms with Gasteiger partial charge in [0, 0.05) is 11.6 Å². The summed E-state index contributed by atoms with van der Waals surface area (Å²) in [5.74, 6) is -0.403. The third-order valence-electron chi connectivity index (χ3n) is 2.34. The van der Waals surface area contributed by atoms with Crippen LogP contribution in [-0.4, -0.2) is 32.2 Å². The van der Waals surface area contributed by atoms with E-state index < -0.39 is 22.5 Å². The van der Waals surface area contributed by atoms with Gasteiger partial charge in [0.15, 0.2) is 6.61 Å². The van der Waals surface area contributed by atoms with Gasteiger partial charge in [-0.2, -0.15) is 0 Å². The van der Waals surface area contributed by atoms with Crippen molar-refractivity contribution in [3.05, 3.63) is 35.5 Å². The monoisotopic (exact) mass is 314 g/mol. The summed E-state index contributed by atoms with van der Waals surface area (Å²) >= 11 is 6.02. The van der Waals surface area contributed by atoms with Gasteiger partial charge in [-0.3, -0.25) is 14.5 Å². The summed E-state index contributed by atoms with van der Waals surface area (Å²) in [6, 6.07) is 6.70. The molecule has 0 saturated carbocycles. The van der Waals surface area contributed by atoms with Crippen LogP contribution in [0.4, 0.5) is 0 Å². The quantitative estimate of drug-likeness (QED) is 0.920. The number of halogens is 1. The van der Waals surface area contributed by atoms with Gasteiger partial charge in [-0.05, 0) is 24.3 Å². The molecule has 0 radical (unpaired) electrons. The average molecular weight is 315 g/mol. The van der Waals surface area contributed by atoms with Crippen molar-refractivity contribution >= 4 is 38.4 Å². The van der Waals surface area contributed by atoms with Crippen LogP contribution in [0.5, 0.6) is 5.75 Å². The average Bonchev–Trinajstić information content (AvgIpc) is 2.36. The van der Waals surface area contributed by atoms with Gasteiger partial charge in [0.2, 0.25) is 10.0 Å². The Morgan fingerprint density at radius 1 is 1.40 bits per heavy atom. The Morgan fingerprint density at radius 2 is 2.15 bits per heavy atom. The fourth-order valence-corrected chi connectivity index (χ4v) is 2.30. The molecule has 0 unspecified atom stereocenters. The SMILES string of the molecule is CS(=O)(=O)NC(=O)COc1ccc(Cl)c2cccnc12. The van der Waals surface area contributed by atoms with Crippen LogP contribution in [0.15, 0.2) is 30.5 Å².